The van der Waals surface area contributed by atoms with Gasteiger partial charge in [0.25, 0.3) is 5.91 Å². The van der Waals surface area contributed by atoms with Crippen molar-refractivity contribution in [2.75, 3.05) is 5.32 Å². The van der Waals surface area contributed by atoms with Gasteiger partial charge in [-0.15, -0.1) is 5.10 Å². The Kier molecular flexibility index (Phi) is 3.12. The van der Waals surface area contributed by atoms with E-state index in [-0.39, 0.29) is 11.7 Å². The molecule has 0 atom stereocenters. The molecule has 0 radical (unpaired) electrons. The van der Waals surface area contributed by atoms with Gasteiger partial charge in [0.1, 0.15) is 5.82 Å². The second-order valence-corrected chi connectivity index (χ2v) is 4.32. The highest BCUT2D eigenvalue weighted by atomic mass is 16.2. The van der Waals surface area contributed by atoms with Gasteiger partial charge in [0.2, 0.25) is 5.82 Å². The van der Waals surface area contributed by atoms with Crippen LogP contribution in [0.1, 0.15) is 23.4 Å². The number of hydrogen-bond donors (Lipinski definition) is 2. The zero-order chi connectivity index (χ0) is 13.9. The predicted octanol–water partition coefficient (Wildman–Crippen LogP) is 2.17. The highest BCUT2D eigenvalue weighted by molar-refractivity contribution is 6.02. The van der Waals surface area contributed by atoms with Crippen molar-refractivity contribution in [3.63, 3.8) is 0 Å². The van der Waals surface area contributed by atoms with Gasteiger partial charge in [-0.25, -0.2) is 4.98 Å². The second kappa shape index (κ2) is 5.08. The molecule has 0 spiro atoms. The van der Waals surface area contributed by atoms with Gasteiger partial charge < -0.3 is 5.32 Å². The molecule has 6 heteroatoms. The summed E-state index contributed by atoms with van der Waals surface area (Å²) in [6, 6.07) is 9.34. The van der Waals surface area contributed by atoms with Gasteiger partial charge in [-0.1, -0.05) is 13.0 Å². The summed E-state index contributed by atoms with van der Waals surface area (Å²) in [5.41, 5.74) is 1.58. The van der Waals surface area contributed by atoms with Crippen molar-refractivity contribution in [2.45, 2.75) is 13.3 Å². The van der Waals surface area contributed by atoms with E-state index >= 15 is 0 Å². The van der Waals surface area contributed by atoms with Crippen LogP contribution >= 0.6 is 0 Å². The molecular formula is C14H13N5O. The fourth-order valence-corrected chi connectivity index (χ4v) is 1.90. The van der Waals surface area contributed by atoms with E-state index in [4.69, 9.17) is 0 Å². The van der Waals surface area contributed by atoms with Gasteiger partial charge in [0, 0.05) is 23.7 Å². The molecule has 0 aliphatic rings. The zero-order valence-electron chi connectivity index (χ0n) is 10.9. The molecule has 0 aliphatic carbocycles. The average molecular weight is 267 g/mol. The van der Waals surface area contributed by atoms with E-state index < -0.39 is 0 Å². The number of amides is 1. The van der Waals surface area contributed by atoms with Gasteiger partial charge >= 0.3 is 0 Å². The number of anilines is 1. The molecule has 0 saturated carbocycles. The number of nitrogens with one attached hydrogen (secondary N) is 2. The summed E-state index contributed by atoms with van der Waals surface area (Å²) < 4.78 is 0. The van der Waals surface area contributed by atoms with E-state index in [1.54, 1.807) is 12.3 Å². The molecule has 1 aromatic carbocycles. The lowest BCUT2D eigenvalue weighted by Gasteiger charge is -2.03. The Morgan fingerprint density at radius 1 is 1.35 bits per heavy atom. The number of aromatic amines is 1. The fourth-order valence-electron chi connectivity index (χ4n) is 1.90. The molecule has 100 valence electrons. The van der Waals surface area contributed by atoms with Gasteiger partial charge in [0.15, 0.2) is 0 Å². The van der Waals surface area contributed by atoms with Gasteiger partial charge in [-0.3, -0.25) is 14.9 Å². The summed E-state index contributed by atoms with van der Waals surface area (Å²) in [5, 5.41) is 10.3. The third-order valence-corrected chi connectivity index (χ3v) is 2.93. The van der Waals surface area contributed by atoms with Crippen molar-refractivity contribution < 1.29 is 4.79 Å². The van der Waals surface area contributed by atoms with Crippen molar-refractivity contribution in [2.24, 2.45) is 0 Å². The zero-order valence-corrected chi connectivity index (χ0v) is 10.9. The summed E-state index contributed by atoms with van der Waals surface area (Å²) in [4.78, 5) is 20.3. The quantitative estimate of drug-likeness (QED) is 0.761. The van der Waals surface area contributed by atoms with Crippen LogP contribution in [0.15, 0.2) is 36.5 Å². The summed E-state index contributed by atoms with van der Waals surface area (Å²) in [7, 11) is 0. The second-order valence-electron chi connectivity index (χ2n) is 4.32. The Morgan fingerprint density at radius 3 is 3.05 bits per heavy atom. The van der Waals surface area contributed by atoms with Crippen LogP contribution in [0.2, 0.25) is 0 Å². The summed E-state index contributed by atoms with van der Waals surface area (Å²) in [6.45, 7) is 1.94. The lowest BCUT2D eigenvalue weighted by Crippen LogP contribution is -2.13. The van der Waals surface area contributed by atoms with Crippen LogP contribution in [0.25, 0.3) is 10.9 Å². The number of carbonyl (C=O) groups is 1. The van der Waals surface area contributed by atoms with E-state index in [9.17, 15) is 4.79 Å². The summed E-state index contributed by atoms with van der Waals surface area (Å²) in [5.74, 6) is 0.509. The molecule has 2 aromatic heterocycles. The maximum Gasteiger partial charge on any atom is 0.295 e. The summed E-state index contributed by atoms with van der Waals surface area (Å²) in [6.07, 6.45) is 2.45. The number of rotatable bonds is 3. The number of aryl methyl sites for hydroxylation is 1. The van der Waals surface area contributed by atoms with E-state index in [1.807, 2.05) is 31.2 Å². The van der Waals surface area contributed by atoms with Crippen molar-refractivity contribution >= 4 is 22.5 Å². The minimum Gasteiger partial charge on any atom is -0.319 e. The molecule has 20 heavy (non-hydrogen) atoms. The van der Waals surface area contributed by atoms with Crippen LogP contribution in [0.5, 0.6) is 0 Å². The molecule has 2 heterocycles. The number of aromatic nitrogens is 4. The lowest BCUT2D eigenvalue weighted by molar-refractivity contribution is 0.101. The van der Waals surface area contributed by atoms with Gasteiger partial charge in [-0.2, -0.15) is 0 Å². The normalized spacial score (nSPS) is 10.7. The van der Waals surface area contributed by atoms with E-state index in [0.29, 0.717) is 17.9 Å². The molecular weight excluding hydrogens is 254 g/mol. The van der Waals surface area contributed by atoms with Crippen molar-refractivity contribution in [1.29, 1.82) is 0 Å². The molecule has 0 fully saturated rings. The minimum atomic E-state index is -0.329. The first-order chi connectivity index (χ1) is 9.76. The fraction of sp³-hybridized carbons (Fsp3) is 0.143. The maximum absolute atomic E-state index is 12.0. The maximum atomic E-state index is 12.0. The number of fused-ring (bicyclic) bond motifs is 1. The Labute approximate surface area is 115 Å². The first kappa shape index (κ1) is 12.3. The molecule has 1 amide bonds. The molecule has 0 bridgehead atoms. The van der Waals surface area contributed by atoms with Gasteiger partial charge in [-0.05, 0) is 24.3 Å². The van der Waals surface area contributed by atoms with Crippen LogP contribution < -0.4 is 5.32 Å². The topological polar surface area (TPSA) is 83.6 Å². The van der Waals surface area contributed by atoms with Crippen molar-refractivity contribution in [3.8, 4) is 0 Å². The number of benzene rings is 1. The molecule has 3 rings (SSSR count). The molecule has 0 unspecified atom stereocenters. The largest absolute Gasteiger partial charge is 0.319 e. The number of nitrogens with zero attached hydrogens (tertiary/aromatic N) is 3. The number of H-pyrrole nitrogens is 1. The van der Waals surface area contributed by atoms with Crippen LogP contribution in [0.4, 0.5) is 5.69 Å². The average Bonchev–Trinajstić information content (AvgIpc) is 2.96. The molecule has 0 saturated heterocycles. The molecule has 0 aliphatic heterocycles. The van der Waals surface area contributed by atoms with Crippen molar-refractivity contribution in [1.82, 2.24) is 20.2 Å². The van der Waals surface area contributed by atoms with Gasteiger partial charge in [0.05, 0.1) is 5.52 Å². The third-order valence-electron chi connectivity index (χ3n) is 2.93. The minimum absolute atomic E-state index is 0.146. The van der Waals surface area contributed by atoms with E-state index in [1.165, 1.54) is 0 Å². The monoisotopic (exact) mass is 267 g/mol. The Hall–Kier alpha value is -2.76. The van der Waals surface area contributed by atoms with Crippen LogP contribution in [0, 0.1) is 0 Å². The van der Waals surface area contributed by atoms with Crippen LogP contribution in [-0.2, 0) is 6.42 Å². The van der Waals surface area contributed by atoms with Crippen LogP contribution in [0.3, 0.4) is 0 Å². The predicted molar refractivity (Wildman–Crippen MR) is 75.5 cm³/mol. The first-order valence-electron chi connectivity index (χ1n) is 6.33. The smallest absolute Gasteiger partial charge is 0.295 e. The highest BCUT2D eigenvalue weighted by Crippen LogP contribution is 2.17. The Bertz CT molecular complexity index is 765. The van der Waals surface area contributed by atoms with Crippen LogP contribution in [-0.4, -0.2) is 26.1 Å². The summed E-state index contributed by atoms with van der Waals surface area (Å²) >= 11 is 0. The standard InChI is InChI=1S/C14H13N5O/c1-2-12-17-13(19-18-12)14(20)16-10-5-6-11-9(8-10)4-3-7-15-11/h3-8H,2H2,1H3,(H,16,20)(H,17,18,19). The van der Waals surface area contributed by atoms with Crippen molar-refractivity contribution in [3.05, 3.63) is 48.2 Å². The lowest BCUT2D eigenvalue weighted by atomic mass is 10.2. The molecule has 6 nitrogen and oxygen atoms in total. The molecule has 3 aromatic rings. The number of pyridine rings is 1. The number of hydrogen-bond acceptors (Lipinski definition) is 4. The molecule has 2 N–H and O–H groups in total. The Balaban J connectivity index is 1.83. The highest BCUT2D eigenvalue weighted by Gasteiger charge is 2.12. The Morgan fingerprint density at radius 2 is 2.25 bits per heavy atom. The van der Waals surface area contributed by atoms with E-state index in [2.05, 4.69) is 25.5 Å². The SMILES string of the molecule is CCc1nc(C(=O)Nc2ccc3ncccc3c2)n[nH]1. The van der Waals surface area contributed by atoms with E-state index in [0.717, 1.165) is 10.9 Å². The number of carbonyl (C=O) groups excluding carboxylic acids is 1. The first-order valence-corrected chi connectivity index (χ1v) is 6.33. The third kappa shape index (κ3) is 2.35.